The van der Waals surface area contributed by atoms with Crippen molar-refractivity contribution in [2.75, 3.05) is 0 Å². The Labute approximate surface area is 86.4 Å². The van der Waals surface area contributed by atoms with Gasteiger partial charge in [-0.05, 0) is 34.8 Å². The number of rotatable bonds is 4. The number of halogens is 1. The maximum absolute atomic E-state index is 11.8. The Hall–Kier alpha value is -0.570. The number of carbonyl (C=O) groups excluding carboxylic acids is 1. The molecule has 0 saturated heterocycles. The van der Waals surface area contributed by atoms with Crippen molar-refractivity contribution in [1.82, 2.24) is 0 Å². The zero-order chi connectivity index (χ0) is 9.84. The summed E-state index contributed by atoms with van der Waals surface area (Å²) < 4.78 is 5.57. The molecule has 0 aliphatic heterocycles. The topological polar surface area (TPSA) is 30.2 Å². The smallest absolute Gasteiger partial charge is 0.179 e. The Balaban J connectivity index is 2.84. The molecule has 0 radical (unpaired) electrons. The van der Waals surface area contributed by atoms with Gasteiger partial charge < -0.3 is 4.42 Å². The number of ketones is 1. The minimum Gasteiger partial charge on any atom is -0.457 e. The summed E-state index contributed by atoms with van der Waals surface area (Å²) in [7, 11) is 0. The van der Waals surface area contributed by atoms with Crippen LogP contribution < -0.4 is 0 Å². The van der Waals surface area contributed by atoms with Crippen molar-refractivity contribution >= 4 is 21.7 Å². The predicted molar refractivity (Wildman–Crippen MR) is 54.8 cm³/mol. The fraction of sp³-hybridized carbons (Fsp3) is 0.500. The SMILES string of the molecule is CCC(CC)C(=O)c1ccoc1Br. The zero-order valence-corrected chi connectivity index (χ0v) is 9.43. The molecule has 0 spiro atoms. The number of hydrogen-bond acceptors (Lipinski definition) is 2. The lowest BCUT2D eigenvalue weighted by molar-refractivity contribution is 0.0911. The van der Waals surface area contributed by atoms with Gasteiger partial charge in [0.15, 0.2) is 10.5 Å². The summed E-state index contributed by atoms with van der Waals surface area (Å²) in [4.78, 5) is 11.8. The largest absolute Gasteiger partial charge is 0.457 e. The molecule has 0 amide bonds. The van der Waals surface area contributed by atoms with Crippen LogP contribution in [-0.2, 0) is 0 Å². The van der Waals surface area contributed by atoms with Gasteiger partial charge in [0.1, 0.15) is 0 Å². The molecule has 0 unspecified atom stereocenters. The third-order valence-electron chi connectivity index (χ3n) is 2.24. The van der Waals surface area contributed by atoms with E-state index < -0.39 is 0 Å². The van der Waals surface area contributed by atoms with E-state index in [1.54, 1.807) is 6.07 Å². The predicted octanol–water partition coefficient (Wildman–Crippen LogP) is 3.66. The van der Waals surface area contributed by atoms with Gasteiger partial charge in [0.2, 0.25) is 0 Å². The van der Waals surface area contributed by atoms with Gasteiger partial charge in [0.25, 0.3) is 0 Å². The first-order valence-corrected chi connectivity index (χ1v) is 5.27. The number of Topliss-reactive ketones (excluding diaryl/α,β-unsaturated/α-hetero) is 1. The van der Waals surface area contributed by atoms with Crippen molar-refractivity contribution in [3.05, 3.63) is 22.6 Å². The van der Waals surface area contributed by atoms with Gasteiger partial charge in [-0.3, -0.25) is 4.79 Å². The molecule has 1 heterocycles. The monoisotopic (exact) mass is 244 g/mol. The molecule has 1 aromatic heterocycles. The van der Waals surface area contributed by atoms with Crippen LogP contribution in [0, 0.1) is 5.92 Å². The molecular weight excluding hydrogens is 232 g/mol. The quantitative estimate of drug-likeness (QED) is 0.757. The van der Waals surface area contributed by atoms with Crippen LogP contribution >= 0.6 is 15.9 Å². The lowest BCUT2D eigenvalue weighted by atomic mass is 9.95. The summed E-state index contributed by atoms with van der Waals surface area (Å²) >= 11 is 3.21. The molecule has 1 aromatic rings. The average Bonchev–Trinajstić information content (AvgIpc) is 2.53. The minimum atomic E-state index is 0.119. The van der Waals surface area contributed by atoms with Crippen LogP contribution in [0.2, 0.25) is 0 Å². The summed E-state index contributed by atoms with van der Waals surface area (Å²) in [6.45, 7) is 4.06. The summed E-state index contributed by atoms with van der Waals surface area (Å²) in [6, 6.07) is 1.71. The molecule has 0 aliphatic carbocycles. The molecule has 0 aliphatic rings. The minimum absolute atomic E-state index is 0.119. The lowest BCUT2D eigenvalue weighted by Crippen LogP contribution is -2.12. The highest BCUT2D eigenvalue weighted by Crippen LogP contribution is 2.23. The lowest BCUT2D eigenvalue weighted by Gasteiger charge is -2.08. The molecule has 72 valence electrons. The van der Waals surface area contributed by atoms with Crippen molar-refractivity contribution in [1.29, 1.82) is 0 Å². The second kappa shape index (κ2) is 4.61. The van der Waals surface area contributed by atoms with Crippen LogP contribution in [0.4, 0.5) is 0 Å². The van der Waals surface area contributed by atoms with Crippen LogP contribution in [0.15, 0.2) is 21.4 Å². The summed E-state index contributed by atoms with van der Waals surface area (Å²) in [5, 5.41) is 0. The molecule has 1 rings (SSSR count). The van der Waals surface area contributed by atoms with Crippen LogP contribution in [-0.4, -0.2) is 5.78 Å². The van der Waals surface area contributed by atoms with Crippen molar-refractivity contribution in [2.24, 2.45) is 5.92 Å². The van der Waals surface area contributed by atoms with E-state index in [4.69, 9.17) is 4.42 Å². The van der Waals surface area contributed by atoms with E-state index in [1.807, 2.05) is 13.8 Å². The molecule has 0 bridgehead atoms. The number of furan rings is 1. The highest BCUT2D eigenvalue weighted by molar-refractivity contribution is 9.10. The maximum atomic E-state index is 11.8. The fourth-order valence-corrected chi connectivity index (χ4v) is 1.78. The molecule has 0 atom stereocenters. The van der Waals surface area contributed by atoms with Crippen LogP contribution in [0.25, 0.3) is 0 Å². The molecule has 0 fully saturated rings. The molecule has 3 heteroatoms. The van der Waals surface area contributed by atoms with Gasteiger partial charge in [0, 0.05) is 5.92 Å². The maximum Gasteiger partial charge on any atom is 0.179 e. The second-order valence-corrected chi connectivity index (χ2v) is 3.71. The van der Waals surface area contributed by atoms with Gasteiger partial charge in [-0.15, -0.1) is 0 Å². The standard InChI is InChI=1S/C10H13BrO2/c1-3-7(4-2)9(12)8-5-6-13-10(8)11/h5-7H,3-4H2,1-2H3. The van der Waals surface area contributed by atoms with Crippen molar-refractivity contribution in [2.45, 2.75) is 26.7 Å². The van der Waals surface area contributed by atoms with Gasteiger partial charge in [-0.25, -0.2) is 0 Å². The fourth-order valence-electron chi connectivity index (χ4n) is 1.35. The summed E-state index contributed by atoms with van der Waals surface area (Å²) in [5.74, 6) is 0.291. The van der Waals surface area contributed by atoms with Crippen molar-refractivity contribution in [3.8, 4) is 0 Å². The second-order valence-electron chi connectivity index (χ2n) is 2.99. The third-order valence-corrected chi connectivity index (χ3v) is 2.85. The molecule has 0 saturated carbocycles. The number of hydrogen-bond donors (Lipinski definition) is 0. The summed E-state index contributed by atoms with van der Waals surface area (Å²) in [5.41, 5.74) is 0.661. The highest BCUT2D eigenvalue weighted by atomic mass is 79.9. The van der Waals surface area contributed by atoms with Gasteiger partial charge in [-0.1, -0.05) is 13.8 Å². The van der Waals surface area contributed by atoms with Crippen LogP contribution in [0.3, 0.4) is 0 Å². The Morgan fingerprint density at radius 2 is 2.15 bits per heavy atom. The van der Waals surface area contributed by atoms with E-state index in [2.05, 4.69) is 15.9 Å². The summed E-state index contributed by atoms with van der Waals surface area (Å²) in [6.07, 6.45) is 3.29. The van der Waals surface area contributed by atoms with E-state index >= 15 is 0 Å². The molecule has 13 heavy (non-hydrogen) atoms. The Morgan fingerprint density at radius 1 is 1.54 bits per heavy atom. The Bertz CT molecular complexity index is 287. The van der Waals surface area contributed by atoms with E-state index in [0.717, 1.165) is 12.8 Å². The van der Waals surface area contributed by atoms with E-state index in [0.29, 0.717) is 10.2 Å². The average molecular weight is 245 g/mol. The first-order valence-electron chi connectivity index (χ1n) is 4.47. The van der Waals surface area contributed by atoms with Crippen molar-refractivity contribution in [3.63, 3.8) is 0 Å². The van der Waals surface area contributed by atoms with Gasteiger partial charge >= 0.3 is 0 Å². The highest BCUT2D eigenvalue weighted by Gasteiger charge is 2.19. The number of carbonyl (C=O) groups is 1. The van der Waals surface area contributed by atoms with Crippen molar-refractivity contribution < 1.29 is 9.21 Å². The molecule has 0 N–H and O–H groups in total. The molecule has 0 aromatic carbocycles. The molecular formula is C10H13BrO2. The first kappa shape index (κ1) is 10.5. The van der Waals surface area contributed by atoms with Crippen LogP contribution in [0.1, 0.15) is 37.0 Å². The van der Waals surface area contributed by atoms with E-state index in [9.17, 15) is 4.79 Å². The van der Waals surface area contributed by atoms with Gasteiger partial charge in [0.05, 0.1) is 11.8 Å². The third kappa shape index (κ3) is 2.21. The Morgan fingerprint density at radius 3 is 2.54 bits per heavy atom. The van der Waals surface area contributed by atoms with E-state index in [1.165, 1.54) is 6.26 Å². The Kier molecular flexibility index (Phi) is 3.72. The molecule has 2 nitrogen and oxygen atoms in total. The first-order chi connectivity index (χ1) is 6.20. The van der Waals surface area contributed by atoms with Gasteiger partial charge in [-0.2, -0.15) is 0 Å². The van der Waals surface area contributed by atoms with E-state index in [-0.39, 0.29) is 11.7 Å². The van der Waals surface area contributed by atoms with Crippen LogP contribution in [0.5, 0.6) is 0 Å². The normalized spacial score (nSPS) is 10.8. The zero-order valence-electron chi connectivity index (χ0n) is 7.84.